The van der Waals surface area contributed by atoms with E-state index in [0.717, 1.165) is 22.3 Å². The van der Waals surface area contributed by atoms with Crippen molar-refractivity contribution in [3.05, 3.63) is 55.1 Å². The molecule has 0 amide bonds. The average Bonchev–Trinajstić information content (AvgIpc) is 3.19. The van der Waals surface area contributed by atoms with Crippen LogP contribution in [0.4, 0.5) is 0 Å². The number of ketones is 1. The summed E-state index contributed by atoms with van der Waals surface area (Å²) >= 11 is 1.19. The zero-order chi connectivity index (χ0) is 21.3. The number of fused-ring (bicyclic) bond motifs is 1. The minimum atomic E-state index is -0.705. The Kier molecular flexibility index (Phi) is 5.63. The van der Waals surface area contributed by atoms with Gasteiger partial charge in [0.25, 0.3) is 5.56 Å². The van der Waals surface area contributed by atoms with Gasteiger partial charge in [0.05, 0.1) is 4.53 Å². The van der Waals surface area contributed by atoms with Crippen molar-refractivity contribution in [1.29, 1.82) is 5.26 Å². The molecular weight excluding hydrogens is 384 g/mol. The van der Waals surface area contributed by atoms with E-state index in [0.29, 0.717) is 22.2 Å². The fourth-order valence-electron chi connectivity index (χ4n) is 3.23. The van der Waals surface area contributed by atoms with Crippen LogP contribution in [-0.2, 0) is 17.8 Å². The van der Waals surface area contributed by atoms with E-state index < -0.39 is 5.41 Å². The first-order chi connectivity index (χ1) is 13.7. The van der Waals surface area contributed by atoms with Gasteiger partial charge in [-0.3, -0.25) is 14.2 Å². The molecule has 0 unspecified atom stereocenters. The number of aromatic nitrogens is 1. The van der Waals surface area contributed by atoms with E-state index in [1.165, 1.54) is 15.9 Å². The minimum absolute atomic E-state index is 0.0360. The highest BCUT2D eigenvalue weighted by Gasteiger charge is 2.27. The molecule has 0 aliphatic carbocycles. The van der Waals surface area contributed by atoms with Crippen LogP contribution in [0.5, 0.6) is 0 Å². The van der Waals surface area contributed by atoms with Crippen molar-refractivity contribution in [2.75, 3.05) is 0 Å². The summed E-state index contributed by atoms with van der Waals surface area (Å²) in [7, 11) is 0. The lowest BCUT2D eigenvalue weighted by atomic mass is 9.87. The molecule has 3 aromatic rings. The van der Waals surface area contributed by atoms with Gasteiger partial charge in [0, 0.05) is 29.3 Å². The van der Waals surface area contributed by atoms with Gasteiger partial charge in [-0.05, 0) is 19.1 Å². The van der Waals surface area contributed by atoms with Crippen LogP contribution < -0.4 is 14.8 Å². The van der Waals surface area contributed by atoms with Crippen LogP contribution in [-0.4, -0.2) is 10.4 Å². The molecule has 2 heterocycles. The van der Waals surface area contributed by atoms with Gasteiger partial charge in [-0.1, -0.05) is 45.9 Å². The van der Waals surface area contributed by atoms with Gasteiger partial charge in [-0.2, -0.15) is 5.26 Å². The Labute approximate surface area is 173 Å². The fourth-order valence-corrected chi connectivity index (χ4v) is 4.38. The lowest BCUT2D eigenvalue weighted by Crippen LogP contribution is -2.33. The maximum absolute atomic E-state index is 13.1. The predicted molar refractivity (Wildman–Crippen MR) is 116 cm³/mol. The Morgan fingerprint density at radius 2 is 1.97 bits per heavy atom. The molecule has 5 nitrogen and oxygen atoms in total. The quantitative estimate of drug-likeness (QED) is 0.663. The number of Topliss-reactive ketones (excluding diaryl/α,β-unsaturated/α-hetero) is 1. The summed E-state index contributed by atoms with van der Waals surface area (Å²) < 4.78 is 8.33. The van der Waals surface area contributed by atoms with E-state index in [2.05, 4.69) is 0 Å². The van der Waals surface area contributed by atoms with Gasteiger partial charge in [0.2, 0.25) is 0 Å². The second-order valence-corrected chi connectivity index (χ2v) is 8.85. The second kappa shape index (κ2) is 7.84. The summed E-state index contributed by atoms with van der Waals surface area (Å²) in [6.45, 7) is 9.53. The Balaban J connectivity index is 2.38. The topological polar surface area (TPSA) is 76.0 Å². The number of nitrogens with zero attached hydrogens (tertiary/aromatic N) is 2. The first-order valence-corrected chi connectivity index (χ1v) is 10.5. The first kappa shape index (κ1) is 20.8. The van der Waals surface area contributed by atoms with Crippen LogP contribution in [0.2, 0.25) is 0 Å². The summed E-state index contributed by atoms with van der Waals surface area (Å²) in [6.07, 6.45) is 2.52. The van der Waals surface area contributed by atoms with E-state index in [1.807, 2.05) is 50.3 Å². The van der Waals surface area contributed by atoms with Crippen molar-refractivity contribution < 1.29 is 9.21 Å². The maximum Gasteiger partial charge on any atom is 0.269 e. The number of benzene rings is 1. The Morgan fingerprint density at radius 3 is 2.55 bits per heavy atom. The molecule has 2 aromatic heterocycles. The van der Waals surface area contributed by atoms with Crippen molar-refractivity contribution in [2.24, 2.45) is 5.41 Å². The molecule has 0 fully saturated rings. The van der Waals surface area contributed by atoms with Crippen LogP contribution in [0.25, 0.3) is 22.6 Å². The highest BCUT2D eigenvalue weighted by Crippen LogP contribution is 2.26. The summed E-state index contributed by atoms with van der Waals surface area (Å²) in [5.41, 5.74) is 0.777. The van der Waals surface area contributed by atoms with Crippen molar-refractivity contribution >= 4 is 39.7 Å². The smallest absolute Gasteiger partial charge is 0.269 e. The highest BCUT2D eigenvalue weighted by atomic mass is 32.1. The van der Waals surface area contributed by atoms with Crippen molar-refractivity contribution in [3.63, 3.8) is 0 Å². The van der Waals surface area contributed by atoms with Crippen molar-refractivity contribution in [2.45, 2.75) is 47.6 Å². The number of carbonyl (C=O) groups is 1. The van der Waals surface area contributed by atoms with E-state index in [4.69, 9.17) is 4.42 Å². The minimum Gasteiger partial charge on any atom is -0.460 e. The number of carbonyl (C=O) groups excluding carboxylic acids is 1. The predicted octanol–water partition coefficient (Wildman–Crippen LogP) is 3.36. The molecule has 0 N–H and O–H groups in total. The van der Waals surface area contributed by atoms with E-state index in [1.54, 1.807) is 20.8 Å². The zero-order valence-corrected chi connectivity index (χ0v) is 18.1. The SMILES string of the molecule is CCc1oc2ccccc2c1C=c1sc(=C(C#N)C(=O)C(C)(C)C)n(CC)c1=O. The molecule has 0 radical (unpaired) electrons. The number of nitriles is 1. The van der Waals surface area contributed by atoms with Crippen molar-refractivity contribution in [1.82, 2.24) is 4.57 Å². The lowest BCUT2D eigenvalue weighted by molar-refractivity contribution is -0.120. The third-order valence-corrected chi connectivity index (χ3v) is 5.90. The lowest BCUT2D eigenvalue weighted by Gasteiger charge is -2.15. The van der Waals surface area contributed by atoms with Crippen LogP contribution in [0, 0.1) is 16.7 Å². The van der Waals surface area contributed by atoms with Crippen molar-refractivity contribution in [3.8, 4) is 6.07 Å². The fraction of sp³-hybridized carbons (Fsp3) is 0.348. The molecule has 0 saturated heterocycles. The summed E-state index contributed by atoms with van der Waals surface area (Å²) in [5.74, 6) is 0.539. The van der Waals surface area contributed by atoms with Gasteiger partial charge in [0.1, 0.15) is 27.6 Å². The highest BCUT2D eigenvalue weighted by molar-refractivity contribution is 7.07. The van der Waals surface area contributed by atoms with Crippen LogP contribution in [0.3, 0.4) is 0 Å². The Hall–Kier alpha value is -2.91. The number of hydrogen-bond acceptors (Lipinski definition) is 5. The standard InChI is InChI=1S/C23H24N2O3S/c1-6-17-15(14-10-8-9-11-18(14)28-17)12-19-21(27)25(7-2)22(29-19)16(13-24)20(26)23(3,4)5/h8-12H,6-7H2,1-5H3. The van der Waals surface area contributed by atoms with Crippen LogP contribution in [0.15, 0.2) is 33.5 Å². The van der Waals surface area contributed by atoms with Gasteiger partial charge in [-0.25, -0.2) is 0 Å². The zero-order valence-electron chi connectivity index (χ0n) is 17.3. The van der Waals surface area contributed by atoms with Gasteiger partial charge in [-0.15, -0.1) is 11.3 Å². The Morgan fingerprint density at radius 1 is 1.28 bits per heavy atom. The van der Waals surface area contributed by atoms with Gasteiger partial charge >= 0.3 is 0 Å². The van der Waals surface area contributed by atoms with E-state index in [-0.39, 0.29) is 16.9 Å². The summed E-state index contributed by atoms with van der Waals surface area (Å²) in [6, 6.07) is 9.75. The Bertz CT molecular complexity index is 1310. The van der Waals surface area contributed by atoms with Crippen LogP contribution in [0.1, 0.15) is 45.9 Å². The summed E-state index contributed by atoms with van der Waals surface area (Å²) in [4.78, 5) is 25.8. The molecule has 0 atom stereocenters. The molecule has 0 spiro atoms. The third kappa shape index (κ3) is 3.70. The largest absolute Gasteiger partial charge is 0.460 e. The monoisotopic (exact) mass is 408 g/mol. The van der Waals surface area contributed by atoms with E-state index in [9.17, 15) is 14.9 Å². The molecular formula is C23H24N2O3S. The molecule has 0 aliphatic heterocycles. The molecule has 29 heavy (non-hydrogen) atoms. The number of thiazole rings is 1. The molecule has 0 aliphatic rings. The first-order valence-electron chi connectivity index (χ1n) is 9.63. The molecule has 0 saturated carbocycles. The number of para-hydroxylation sites is 1. The maximum atomic E-state index is 13.1. The van der Waals surface area contributed by atoms with Crippen LogP contribution >= 0.6 is 11.3 Å². The third-order valence-electron chi connectivity index (χ3n) is 4.77. The number of hydrogen-bond donors (Lipinski definition) is 0. The number of aryl methyl sites for hydroxylation is 1. The molecule has 0 bridgehead atoms. The molecule has 3 rings (SSSR count). The summed E-state index contributed by atoms with van der Waals surface area (Å²) in [5, 5.41) is 10.6. The van der Waals surface area contributed by atoms with Gasteiger partial charge < -0.3 is 4.42 Å². The molecule has 1 aromatic carbocycles. The van der Waals surface area contributed by atoms with Gasteiger partial charge in [0.15, 0.2) is 5.78 Å². The average molecular weight is 409 g/mol. The number of rotatable bonds is 4. The normalized spacial score (nSPS) is 13.6. The molecule has 150 valence electrons. The number of furan rings is 1. The molecule has 6 heteroatoms. The second-order valence-electron chi connectivity index (χ2n) is 7.82. The van der Waals surface area contributed by atoms with E-state index >= 15 is 0 Å².